The van der Waals surface area contributed by atoms with Gasteiger partial charge in [0.2, 0.25) is 5.92 Å². The van der Waals surface area contributed by atoms with Gasteiger partial charge in [-0.1, -0.05) is 25.7 Å². The molecule has 0 bridgehead atoms. The maximum Gasteiger partial charge on any atom is 0.248 e. The van der Waals surface area contributed by atoms with Crippen molar-refractivity contribution in [3.05, 3.63) is 0 Å². The van der Waals surface area contributed by atoms with Crippen LogP contribution in [0.2, 0.25) is 0 Å². The van der Waals surface area contributed by atoms with E-state index < -0.39 is 11.5 Å². The summed E-state index contributed by atoms with van der Waals surface area (Å²) in [6.07, 6.45) is 8.24. The molecule has 0 amide bonds. The van der Waals surface area contributed by atoms with Crippen LogP contribution in [0.3, 0.4) is 0 Å². The first-order valence-corrected chi connectivity index (χ1v) is 7.09. The minimum Gasteiger partial charge on any atom is -0.390 e. The fourth-order valence-electron chi connectivity index (χ4n) is 3.58. The Morgan fingerprint density at radius 3 is 2.18 bits per heavy atom. The van der Waals surface area contributed by atoms with E-state index in [0.29, 0.717) is 12.8 Å². The molecule has 2 rings (SSSR count). The fraction of sp³-hybridized carbons (Fsp3) is 1.00. The predicted octanol–water partition coefficient (Wildman–Crippen LogP) is 4.29. The first-order valence-electron chi connectivity index (χ1n) is 7.09. The lowest BCUT2D eigenvalue weighted by Crippen LogP contribution is -2.35. The second-order valence-corrected chi connectivity index (χ2v) is 6.16. The molecule has 3 heteroatoms. The minimum absolute atomic E-state index is 0.00465. The van der Waals surface area contributed by atoms with Gasteiger partial charge in [0.25, 0.3) is 0 Å². The van der Waals surface area contributed by atoms with Gasteiger partial charge in [0.15, 0.2) is 0 Å². The first kappa shape index (κ1) is 13.3. The summed E-state index contributed by atoms with van der Waals surface area (Å²) in [6.45, 7) is 0. The van der Waals surface area contributed by atoms with Crippen LogP contribution >= 0.6 is 0 Å². The number of rotatable bonds is 2. The number of hydrogen-bond donors (Lipinski definition) is 1. The van der Waals surface area contributed by atoms with Crippen LogP contribution in [0.1, 0.15) is 70.6 Å². The van der Waals surface area contributed by atoms with E-state index in [1.807, 2.05) is 0 Å². The highest BCUT2D eigenvalue weighted by atomic mass is 19.3. The highest BCUT2D eigenvalue weighted by Crippen LogP contribution is 2.42. The second kappa shape index (κ2) is 5.21. The zero-order chi connectivity index (χ0) is 12.4. The highest BCUT2D eigenvalue weighted by molar-refractivity contribution is 4.87. The number of alkyl halides is 2. The first-order chi connectivity index (χ1) is 7.99. The third kappa shape index (κ3) is 3.90. The zero-order valence-electron chi connectivity index (χ0n) is 10.6. The molecule has 0 radical (unpaired) electrons. The van der Waals surface area contributed by atoms with E-state index in [0.717, 1.165) is 32.1 Å². The molecular formula is C14H24F2O. The standard InChI is InChI=1S/C14H24F2O/c15-14(16)9-5-6-12(11-14)10-13(17)7-3-1-2-4-8-13/h12,17H,1-11H2. The molecule has 0 aliphatic heterocycles. The van der Waals surface area contributed by atoms with Crippen LogP contribution in [-0.2, 0) is 0 Å². The maximum atomic E-state index is 13.3. The van der Waals surface area contributed by atoms with Crippen molar-refractivity contribution in [2.24, 2.45) is 5.92 Å². The largest absolute Gasteiger partial charge is 0.390 e. The minimum atomic E-state index is -2.48. The summed E-state index contributed by atoms with van der Waals surface area (Å²) in [5.74, 6) is -2.45. The Labute approximate surface area is 103 Å². The Balaban J connectivity index is 1.90. The van der Waals surface area contributed by atoms with E-state index in [2.05, 4.69) is 0 Å². The van der Waals surface area contributed by atoms with Gasteiger partial charge in [-0.3, -0.25) is 0 Å². The van der Waals surface area contributed by atoms with Gasteiger partial charge >= 0.3 is 0 Å². The van der Waals surface area contributed by atoms with Crippen molar-refractivity contribution in [1.29, 1.82) is 0 Å². The molecule has 2 aliphatic carbocycles. The average Bonchev–Trinajstić information content (AvgIpc) is 2.41. The summed E-state index contributed by atoms with van der Waals surface area (Å²) in [5, 5.41) is 10.5. The molecule has 0 aromatic rings. The van der Waals surface area contributed by atoms with Gasteiger partial charge in [0, 0.05) is 12.8 Å². The van der Waals surface area contributed by atoms with Crippen molar-refractivity contribution in [2.45, 2.75) is 82.2 Å². The fourth-order valence-corrected chi connectivity index (χ4v) is 3.58. The lowest BCUT2D eigenvalue weighted by molar-refractivity contribution is -0.0737. The van der Waals surface area contributed by atoms with Gasteiger partial charge in [-0.2, -0.15) is 0 Å². The summed E-state index contributed by atoms with van der Waals surface area (Å²) in [7, 11) is 0. The Morgan fingerprint density at radius 2 is 1.59 bits per heavy atom. The maximum absolute atomic E-state index is 13.3. The zero-order valence-corrected chi connectivity index (χ0v) is 10.6. The molecule has 100 valence electrons. The van der Waals surface area contributed by atoms with E-state index in [4.69, 9.17) is 0 Å². The van der Waals surface area contributed by atoms with Crippen molar-refractivity contribution in [3.63, 3.8) is 0 Å². The molecule has 1 nitrogen and oxygen atoms in total. The molecule has 0 spiro atoms. The van der Waals surface area contributed by atoms with Crippen molar-refractivity contribution in [1.82, 2.24) is 0 Å². The lowest BCUT2D eigenvalue weighted by atomic mass is 9.77. The molecule has 2 saturated carbocycles. The summed E-state index contributed by atoms with van der Waals surface area (Å²) in [5.41, 5.74) is -0.644. The Bertz CT molecular complexity index is 245. The topological polar surface area (TPSA) is 20.2 Å². The van der Waals surface area contributed by atoms with Crippen LogP contribution in [0.5, 0.6) is 0 Å². The van der Waals surface area contributed by atoms with Crippen LogP contribution in [-0.4, -0.2) is 16.6 Å². The quantitative estimate of drug-likeness (QED) is 0.721. The summed E-state index contributed by atoms with van der Waals surface area (Å²) in [6, 6.07) is 0. The van der Waals surface area contributed by atoms with Crippen LogP contribution in [0.15, 0.2) is 0 Å². The summed E-state index contributed by atoms with van der Waals surface area (Å²) in [4.78, 5) is 0. The smallest absolute Gasteiger partial charge is 0.248 e. The van der Waals surface area contributed by atoms with Gasteiger partial charge in [-0.25, -0.2) is 8.78 Å². The molecule has 2 aliphatic rings. The molecular weight excluding hydrogens is 222 g/mol. The lowest BCUT2D eigenvalue weighted by Gasteiger charge is -2.35. The molecule has 0 aromatic heterocycles. The number of halogens is 2. The SMILES string of the molecule is OC1(CC2CCCC(F)(F)C2)CCCCCC1. The van der Waals surface area contributed by atoms with Crippen molar-refractivity contribution < 1.29 is 13.9 Å². The monoisotopic (exact) mass is 246 g/mol. The summed E-state index contributed by atoms with van der Waals surface area (Å²) < 4.78 is 26.7. The van der Waals surface area contributed by atoms with E-state index >= 15 is 0 Å². The molecule has 1 atom stereocenters. The van der Waals surface area contributed by atoms with E-state index in [1.165, 1.54) is 12.8 Å². The van der Waals surface area contributed by atoms with E-state index in [1.54, 1.807) is 0 Å². The molecule has 17 heavy (non-hydrogen) atoms. The van der Waals surface area contributed by atoms with Crippen molar-refractivity contribution in [2.75, 3.05) is 0 Å². The van der Waals surface area contributed by atoms with Gasteiger partial charge in [0.1, 0.15) is 0 Å². The molecule has 2 fully saturated rings. The Morgan fingerprint density at radius 1 is 0.941 bits per heavy atom. The third-order valence-electron chi connectivity index (χ3n) is 4.45. The van der Waals surface area contributed by atoms with Crippen molar-refractivity contribution >= 4 is 0 Å². The number of hydrogen-bond acceptors (Lipinski definition) is 1. The molecule has 0 heterocycles. The normalized spacial score (nSPS) is 33.0. The second-order valence-electron chi connectivity index (χ2n) is 6.16. The molecule has 1 unspecified atom stereocenters. The molecule has 0 aromatic carbocycles. The highest BCUT2D eigenvalue weighted by Gasteiger charge is 2.40. The third-order valence-corrected chi connectivity index (χ3v) is 4.45. The van der Waals surface area contributed by atoms with Gasteiger partial charge < -0.3 is 5.11 Å². The summed E-state index contributed by atoms with van der Waals surface area (Å²) >= 11 is 0. The Kier molecular flexibility index (Phi) is 4.06. The van der Waals surface area contributed by atoms with Gasteiger partial charge in [-0.05, 0) is 38.0 Å². The number of aliphatic hydroxyl groups is 1. The van der Waals surface area contributed by atoms with Crippen LogP contribution in [0, 0.1) is 5.92 Å². The Hall–Kier alpha value is -0.180. The molecule has 1 N–H and O–H groups in total. The van der Waals surface area contributed by atoms with Gasteiger partial charge in [0.05, 0.1) is 5.60 Å². The van der Waals surface area contributed by atoms with E-state index in [-0.39, 0.29) is 18.8 Å². The predicted molar refractivity (Wildman–Crippen MR) is 64.2 cm³/mol. The van der Waals surface area contributed by atoms with E-state index in [9.17, 15) is 13.9 Å². The van der Waals surface area contributed by atoms with Crippen LogP contribution in [0.4, 0.5) is 8.78 Å². The van der Waals surface area contributed by atoms with Crippen molar-refractivity contribution in [3.8, 4) is 0 Å². The van der Waals surface area contributed by atoms with Gasteiger partial charge in [-0.15, -0.1) is 0 Å². The average molecular weight is 246 g/mol. The molecule has 0 saturated heterocycles. The van der Waals surface area contributed by atoms with Crippen LogP contribution < -0.4 is 0 Å². The van der Waals surface area contributed by atoms with Crippen LogP contribution in [0.25, 0.3) is 0 Å².